The minimum absolute atomic E-state index is 0.0613. The molecule has 0 amide bonds. The van der Waals surface area contributed by atoms with Gasteiger partial charge in [-0.1, -0.05) is 11.6 Å². The Hall–Kier alpha value is -1.00. The Kier molecular flexibility index (Phi) is 4.17. The largest absolute Gasteiger partial charge is 0.396 e. The van der Waals surface area contributed by atoms with Crippen LogP contribution in [0.15, 0.2) is 12.1 Å². The SMILES string of the molecule is CC(C)N(CCO)c1nc(Cl)ccc1N. The zero-order valence-electron chi connectivity index (χ0n) is 8.94. The maximum atomic E-state index is 8.96. The molecule has 84 valence electrons. The number of halogens is 1. The van der Waals surface area contributed by atoms with Gasteiger partial charge in [0.05, 0.1) is 12.3 Å². The molecule has 15 heavy (non-hydrogen) atoms. The lowest BCUT2D eigenvalue weighted by atomic mass is 10.3. The zero-order chi connectivity index (χ0) is 11.4. The van der Waals surface area contributed by atoms with Crippen LogP contribution in [-0.4, -0.2) is 29.3 Å². The van der Waals surface area contributed by atoms with Crippen molar-refractivity contribution in [3.63, 3.8) is 0 Å². The normalized spacial score (nSPS) is 10.7. The molecule has 0 aliphatic carbocycles. The van der Waals surface area contributed by atoms with Crippen LogP contribution in [0.4, 0.5) is 11.5 Å². The summed E-state index contributed by atoms with van der Waals surface area (Å²) >= 11 is 5.81. The van der Waals surface area contributed by atoms with Gasteiger partial charge in [-0.05, 0) is 26.0 Å². The van der Waals surface area contributed by atoms with E-state index in [0.29, 0.717) is 23.2 Å². The second-order valence-corrected chi connectivity index (χ2v) is 3.94. The second-order valence-electron chi connectivity index (χ2n) is 3.56. The highest BCUT2D eigenvalue weighted by Crippen LogP contribution is 2.24. The fourth-order valence-electron chi connectivity index (χ4n) is 1.38. The summed E-state index contributed by atoms with van der Waals surface area (Å²) < 4.78 is 0. The van der Waals surface area contributed by atoms with Gasteiger partial charge in [0, 0.05) is 12.6 Å². The minimum atomic E-state index is 0.0613. The molecular weight excluding hydrogens is 214 g/mol. The first-order valence-corrected chi connectivity index (χ1v) is 5.23. The third-order valence-electron chi connectivity index (χ3n) is 2.11. The Morgan fingerprint density at radius 3 is 2.73 bits per heavy atom. The van der Waals surface area contributed by atoms with Crippen molar-refractivity contribution in [2.24, 2.45) is 0 Å². The molecule has 0 saturated carbocycles. The smallest absolute Gasteiger partial charge is 0.153 e. The van der Waals surface area contributed by atoms with E-state index in [0.717, 1.165) is 0 Å². The Balaban J connectivity index is 3.04. The number of aromatic nitrogens is 1. The van der Waals surface area contributed by atoms with Gasteiger partial charge in [-0.2, -0.15) is 0 Å². The summed E-state index contributed by atoms with van der Waals surface area (Å²) in [6, 6.07) is 3.58. The third-order valence-corrected chi connectivity index (χ3v) is 2.32. The Morgan fingerprint density at radius 1 is 1.53 bits per heavy atom. The molecule has 3 N–H and O–H groups in total. The van der Waals surface area contributed by atoms with E-state index in [9.17, 15) is 0 Å². The molecule has 0 radical (unpaired) electrons. The fraction of sp³-hybridized carbons (Fsp3) is 0.500. The lowest BCUT2D eigenvalue weighted by Gasteiger charge is -2.28. The van der Waals surface area contributed by atoms with Gasteiger partial charge in [-0.3, -0.25) is 0 Å². The summed E-state index contributed by atoms with van der Waals surface area (Å²) in [5.74, 6) is 0.631. The van der Waals surface area contributed by atoms with E-state index < -0.39 is 0 Å². The molecule has 0 bridgehead atoms. The quantitative estimate of drug-likeness (QED) is 0.769. The number of pyridine rings is 1. The highest BCUT2D eigenvalue weighted by molar-refractivity contribution is 6.29. The number of nitrogen functional groups attached to an aromatic ring is 1. The Morgan fingerprint density at radius 2 is 2.20 bits per heavy atom. The summed E-state index contributed by atoms with van der Waals surface area (Å²) in [6.07, 6.45) is 0. The topological polar surface area (TPSA) is 62.4 Å². The molecule has 0 saturated heterocycles. The average molecular weight is 230 g/mol. The van der Waals surface area contributed by atoms with E-state index in [-0.39, 0.29) is 12.6 Å². The van der Waals surface area contributed by atoms with Gasteiger partial charge in [0.2, 0.25) is 0 Å². The molecule has 0 aliphatic rings. The summed E-state index contributed by atoms with van der Waals surface area (Å²) in [5, 5.41) is 9.37. The number of rotatable bonds is 4. The number of nitrogens with two attached hydrogens (primary N) is 1. The van der Waals surface area contributed by atoms with Crippen LogP contribution in [0, 0.1) is 0 Å². The van der Waals surface area contributed by atoms with E-state index in [2.05, 4.69) is 4.98 Å². The van der Waals surface area contributed by atoms with E-state index >= 15 is 0 Å². The molecule has 1 aromatic rings. The molecular formula is C10H16ClN3O. The van der Waals surface area contributed by atoms with E-state index in [1.807, 2.05) is 18.7 Å². The van der Waals surface area contributed by atoms with Crippen molar-refractivity contribution in [2.45, 2.75) is 19.9 Å². The number of aliphatic hydroxyl groups is 1. The van der Waals surface area contributed by atoms with Gasteiger partial charge >= 0.3 is 0 Å². The molecule has 0 spiro atoms. The highest BCUT2D eigenvalue weighted by atomic mass is 35.5. The maximum absolute atomic E-state index is 8.96. The van der Waals surface area contributed by atoms with E-state index in [4.69, 9.17) is 22.4 Å². The molecule has 4 nitrogen and oxygen atoms in total. The van der Waals surface area contributed by atoms with Crippen LogP contribution < -0.4 is 10.6 Å². The van der Waals surface area contributed by atoms with Gasteiger partial charge in [0.25, 0.3) is 0 Å². The predicted octanol–water partition coefficient (Wildman–Crippen LogP) is 1.52. The molecule has 1 heterocycles. The van der Waals surface area contributed by atoms with Crippen LogP contribution in [0.25, 0.3) is 0 Å². The van der Waals surface area contributed by atoms with Crippen molar-refractivity contribution in [3.05, 3.63) is 17.3 Å². The van der Waals surface area contributed by atoms with Gasteiger partial charge in [-0.15, -0.1) is 0 Å². The van der Waals surface area contributed by atoms with Crippen LogP contribution in [0.2, 0.25) is 5.15 Å². The van der Waals surface area contributed by atoms with Crippen LogP contribution in [0.1, 0.15) is 13.8 Å². The molecule has 0 atom stereocenters. The van der Waals surface area contributed by atoms with Crippen molar-refractivity contribution in [3.8, 4) is 0 Å². The molecule has 0 aromatic carbocycles. The molecule has 0 fully saturated rings. The summed E-state index contributed by atoms with van der Waals surface area (Å²) in [7, 11) is 0. The fourth-order valence-corrected chi connectivity index (χ4v) is 1.53. The number of hydrogen-bond acceptors (Lipinski definition) is 4. The van der Waals surface area contributed by atoms with Gasteiger partial charge < -0.3 is 15.7 Å². The number of hydrogen-bond donors (Lipinski definition) is 2. The summed E-state index contributed by atoms with van der Waals surface area (Å²) in [4.78, 5) is 6.09. The third kappa shape index (κ3) is 2.97. The summed E-state index contributed by atoms with van der Waals surface area (Å²) in [6.45, 7) is 4.58. The maximum Gasteiger partial charge on any atom is 0.153 e. The lowest BCUT2D eigenvalue weighted by molar-refractivity contribution is 0.298. The minimum Gasteiger partial charge on any atom is -0.396 e. The molecule has 1 aromatic heterocycles. The standard InChI is InChI=1S/C10H16ClN3O/c1-7(2)14(5-6-15)10-8(12)3-4-9(11)13-10/h3-4,7,15H,5-6,12H2,1-2H3. The van der Waals surface area contributed by atoms with Crippen molar-refractivity contribution < 1.29 is 5.11 Å². The van der Waals surface area contributed by atoms with Crippen molar-refractivity contribution in [1.29, 1.82) is 0 Å². The van der Waals surface area contributed by atoms with Crippen LogP contribution in [-0.2, 0) is 0 Å². The lowest BCUT2D eigenvalue weighted by Crippen LogP contribution is -2.34. The van der Waals surface area contributed by atoms with Gasteiger partial charge in [-0.25, -0.2) is 4.98 Å². The van der Waals surface area contributed by atoms with Crippen molar-refractivity contribution >= 4 is 23.1 Å². The van der Waals surface area contributed by atoms with Gasteiger partial charge in [0.1, 0.15) is 5.15 Å². The van der Waals surface area contributed by atoms with Crippen LogP contribution >= 0.6 is 11.6 Å². The van der Waals surface area contributed by atoms with E-state index in [1.54, 1.807) is 12.1 Å². The van der Waals surface area contributed by atoms with Crippen LogP contribution in [0.5, 0.6) is 0 Å². The van der Waals surface area contributed by atoms with Crippen LogP contribution in [0.3, 0.4) is 0 Å². The first-order valence-electron chi connectivity index (χ1n) is 4.85. The average Bonchev–Trinajstić information content (AvgIpc) is 2.18. The van der Waals surface area contributed by atoms with E-state index in [1.165, 1.54) is 0 Å². The zero-order valence-corrected chi connectivity index (χ0v) is 9.70. The Labute approximate surface area is 94.7 Å². The number of anilines is 2. The molecule has 1 rings (SSSR count). The Bertz CT molecular complexity index is 330. The first-order chi connectivity index (χ1) is 7.06. The highest BCUT2D eigenvalue weighted by Gasteiger charge is 2.14. The predicted molar refractivity (Wildman–Crippen MR) is 63.2 cm³/mol. The molecule has 0 unspecified atom stereocenters. The van der Waals surface area contributed by atoms with Crippen molar-refractivity contribution in [2.75, 3.05) is 23.8 Å². The number of aliphatic hydroxyl groups excluding tert-OH is 1. The monoisotopic (exact) mass is 229 g/mol. The molecule has 5 heteroatoms. The van der Waals surface area contributed by atoms with Gasteiger partial charge in [0.15, 0.2) is 5.82 Å². The molecule has 0 aliphatic heterocycles. The second kappa shape index (κ2) is 5.19. The first kappa shape index (κ1) is 12.1. The van der Waals surface area contributed by atoms with Crippen molar-refractivity contribution in [1.82, 2.24) is 4.98 Å². The number of nitrogens with zero attached hydrogens (tertiary/aromatic N) is 2. The summed E-state index contributed by atoms with van der Waals surface area (Å²) in [5.41, 5.74) is 6.38.